The molecule has 252 valence electrons. The Morgan fingerprint density at radius 2 is 1.00 bits per heavy atom. The van der Waals surface area contributed by atoms with Crippen LogP contribution in [0.1, 0.15) is 103 Å². The molecule has 0 saturated carbocycles. The topological polar surface area (TPSA) is 173 Å². The van der Waals surface area contributed by atoms with Crippen molar-refractivity contribution in [2.45, 2.75) is 107 Å². The van der Waals surface area contributed by atoms with E-state index in [0.717, 1.165) is 6.07 Å². The molecule has 46 heavy (non-hydrogen) atoms. The molecular weight excluding hydrogens is 592 g/mol. The second-order valence-corrected chi connectivity index (χ2v) is 13.9. The Hall–Kier alpha value is -4.74. The molecule has 0 aliphatic heterocycles. The van der Waals surface area contributed by atoms with E-state index in [0.29, 0.717) is 16.7 Å². The third-order valence-electron chi connectivity index (χ3n) is 6.99. The van der Waals surface area contributed by atoms with Gasteiger partial charge in [-0.05, 0) is 54.7 Å². The first-order chi connectivity index (χ1) is 20.3. The molecule has 12 heteroatoms. The molecule has 3 rings (SSSR count). The Morgan fingerprint density at radius 1 is 0.522 bits per heavy atom. The van der Waals surface area contributed by atoms with Crippen molar-refractivity contribution in [2.75, 3.05) is 0 Å². The summed E-state index contributed by atoms with van der Waals surface area (Å²) in [5, 5.41) is 43.5. The molecule has 0 amide bonds. The summed E-state index contributed by atoms with van der Waals surface area (Å²) in [4.78, 5) is 41.1. The fourth-order valence-electron chi connectivity index (χ4n) is 4.47. The van der Waals surface area contributed by atoms with Crippen LogP contribution in [-0.2, 0) is 16.2 Å². The first-order valence-electron chi connectivity index (χ1n) is 14.2. The summed E-state index contributed by atoms with van der Waals surface area (Å²) in [5.41, 5.74) is 2.94. The number of nitrogens with zero attached hydrogens (tertiary/aromatic N) is 4. The first-order valence-corrected chi connectivity index (χ1v) is 14.2. The van der Waals surface area contributed by atoms with E-state index in [4.69, 9.17) is 0 Å². The van der Waals surface area contributed by atoms with Crippen LogP contribution in [-0.4, -0.2) is 19.7 Å². The number of nitro groups is 4. The second kappa shape index (κ2) is 15.5. The molecule has 0 N–H and O–H groups in total. The number of aryl methyl sites for hydroxylation is 2. The molecule has 0 heterocycles. The fraction of sp³-hybridized carbons (Fsp3) is 0.471. The van der Waals surface area contributed by atoms with Crippen LogP contribution in [0.25, 0.3) is 0 Å². The quantitative estimate of drug-likeness (QED) is 0.200. The molecule has 3 aromatic carbocycles. The summed E-state index contributed by atoms with van der Waals surface area (Å²) in [6.07, 6.45) is 0. The van der Waals surface area contributed by atoms with Crippen molar-refractivity contribution in [2.24, 2.45) is 0 Å². The second-order valence-electron chi connectivity index (χ2n) is 13.9. The van der Waals surface area contributed by atoms with Crippen LogP contribution < -0.4 is 0 Å². The van der Waals surface area contributed by atoms with Gasteiger partial charge in [-0.1, -0.05) is 99.6 Å². The van der Waals surface area contributed by atoms with Crippen molar-refractivity contribution in [3.63, 3.8) is 0 Å². The lowest BCUT2D eigenvalue weighted by Gasteiger charge is -2.19. The SMILES string of the molecule is C.Cc1c([N+](=O)[O-])ccc(C(C)(C)C)c1[N+](=O)[O-].Cc1cc(C(C)(C)C)c([N+](=O)[O-])cc1[N+](=O)[O-].Cc1cccc(C(C)(C)C)c1. The van der Waals surface area contributed by atoms with E-state index in [9.17, 15) is 40.5 Å². The smallest absolute Gasteiger partial charge is 0.258 e. The van der Waals surface area contributed by atoms with Crippen LogP contribution in [0.2, 0.25) is 0 Å². The van der Waals surface area contributed by atoms with Crippen molar-refractivity contribution in [1.82, 2.24) is 0 Å². The van der Waals surface area contributed by atoms with Gasteiger partial charge >= 0.3 is 0 Å². The Balaban J connectivity index is 0.000000669. The number of nitro benzene ring substituents is 4. The largest absolute Gasteiger partial charge is 0.282 e. The summed E-state index contributed by atoms with van der Waals surface area (Å²) in [6, 6.07) is 14.0. The van der Waals surface area contributed by atoms with Crippen LogP contribution in [0.4, 0.5) is 22.7 Å². The highest BCUT2D eigenvalue weighted by Crippen LogP contribution is 2.38. The lowest BCUT2D eigenvalue weighted by atomic mass is 9.84. The number of hydrogen-bond donors (Lipinski definition) is 0. The highest BCUT2D eigenvalue weighted by Gasteiger charge is 2.31. The van der Waals surface area contributed by atoms with Gasteiger partial charge in [0.25, 0.3) is 22.7 Å². The van der Waals surface area contributed by atoms with Crippen molar-refractivity contribution < 1.29 is 19.7 Å². The van der Waals surface area contributed by atoms with Crippen LogP contribution in [0.3, 0.4) is 0 Å². The summed E-state index contributed by atoms with van der Waals surface area (Å²) in [6.45, 7) is 22.8. The van der Waals surface area contributed by atoms with Gasteiger partial charge in [-0.25, -0.2) is 0 Å². The van der Waals surface area contributed by atoms with E-state index >= 15 is 0 Å². The van der Waals surface area contributed by atoms with E-state index < -0.39 is 30.5 Å². The minimum Gasteiger partial charge on any atom is -0.258 e. The summed E-state index contributed by atoms with van der Waals surface area (Å²) in [5.74, 6) is 0. The fourth-order valence-corrected chi connectivity index (χ4v) is 4.47. The molecule has 0 bridgehead atoms. The molecule has 0 atom stereocenters. The van der Waals surface area contributed by atoms with Crippen molar-refractivity contribution in [3.8, 4) is 0 Å². The van der Waals surface area contributed by atoms with Gasteiger partial charge < -0.3 is 0 Å². The van der Waals surface area contributed by atoms with Crippen LogP contribution in [0, 0.1) is 61.2 Å². The van der Waals surface area contributed by atoms with Gasteiger partial charge in [0.1, 0.15) is 5.56 Å². The predicted molar refractivity (Wildman–Crippen MR) is 183 cm³/mol. The Labute approximate surface area is 271 Å². The van der Waals surface area contributed by atoms with Crippen LogP contribution in [0.5, 0.6) is 0 Å². The zero-order chi connectivity index (χ0) is 35.2. The summed E-state index contributed by atoms with van der Waals surface area (Å²) in [7, 11) is 0. The van der Waals surface area contributed by atoms with E-state index in [1.807, 2.05) is 41.5 Å². The maximum absolute atomic E-state index is 11.0. The minimum atomic E-state index is -0.602. The molecule has 0 spiro atoms. The number of benzene rings is 3. The molecule has 0 aliphatic carbocycles. The first kappa shape index (κ1) is 41.3. The van der Waals surface area contributed by atoms with Gasteiger partial charge in [0.15, 0.2) is 0 Å². The maximum Gasteiger partial charge on any atom is 0.282 e. The molecule has 0 saturated heterocycles. The van der Waals surface area contributed by atoms with Gasteiger partial charge in [-0.3, -0.25) is 40.5 Å². The average Bonchev–Trinajstić information content (AvgIpc) is 2.86. The van der Waals surface area contributed by atoms with Crippen molar-refractivity contribution in [1.29, 1.82) is 0 Å². The summed E-state index contributed by atoms with van der Waals surface area (Å²) >= 11 is 0. The van der Waals surface area contributed by atoms with Gasteiger partial charge in [-0.2, -0.15) is 0 Å². The number of rotatable bonds is 4. The molecule has 0 aromatic heterocycles. The highest BCUT2D eigenvalue weighted by atomic mass is 16.6. The monoisotopic (exact) mass is 640 g/mol. The van der Waals surface area contributed by atoms with Crippen molar-refractivity contribution in [3.05, 3.63) is 122 Å². The van der Waals surface area contributed by atoms with E-state index in [1.165, 1.54) is 36.2 Å². The zero-order valence-electron chi connectivity index (χ0n) is 28.2. The molecule has 0 unspecified atom stereocenters. The van der Waals surface area contributed by atoms with Gasteiger partial charge in [-0.15, -0.1) is 0 Å². The molecule has 12 nitrogen and oxygen atoms in total. The van der Waals surface area contributed by atoms with Gasteiger partial charge in [0, 0.05) is 22.8 Å². The molecule has 0 aliphatic rings. The third-order valence-corrected chi connectivity index (χ3v) is 6.99. The number of hydrogen-bond acceptors (Lipinski definition) is 8. The molecular formula is C34H48N4O8. The third kappa shape index (κ3) is 11.0. The van der Waals surface area contributed by atoms with Crippen LogP contribution >= 0.6 is 0 Å². The minimum absolute atomic E-state index is 0. The highest BCUT2D eigenvalue weighted by molar-refractivity contribution is 5.59. The standard InChI is InChI=1S/2C11H14N2O4.C11H16.CH4/c1-7-5-8(11(2,3)4)10(13(16)17)6-9(7)12(14)15;1-7-9(12(14)15)6-5-8(11(2,3)4)10(7)13(16)17;1-9-6-5-7-10(8-9)11(2,3)4;/h2*5-6H,1-4H3;5-8H,1-4H3;1H4. The van der Waals surface area contributed by atoms with Crippen LogP contribution in [0.15, 0.2) is 48.5 Å². The Bertz CT molecular complexity index is 1570. The van der Waals surface area contributed by atoms with Gasteiger partial charge in [0.05, 0.1) is 25.8 Å². The zero-order valence-corrected chi connectivity index (χ0v) is 28.2. The Morgan fingerprint density at radius 3 is 1.35 bits per heavy atom. The average molecular weight is 641 g/mol. The van der Waals surface area contributed by atoms with E-state index in [2.05, 4.69) is 52.0 Å². The van der Waals surface area contributed by atoms with Gasteiger partial charge in [0.2, 0.25) is 0 Å². The normalized spacial score (nSPS) is 11.1. The van der Waals surface area contributed by atoms with E-state index in [1.54, 1.807) is 6.92 Å². The maximum atomic E-state index is 11.0. The van der Waals surface area contributed by atoms with E-state index in [-0.39, 0.29) is 41.2 Å². The van der Waals surface area contributed by atoms with Crippen molar-refractivity contribution >= 4 is 22.7 Å². The predicted octanol–water partition coefficient (Wildman–Crippen LogP) is 10.1. The Kier molecular flexibility index (Phi) is 13.9. The molecule has 0 fully saturated rings. The molecule has 3 aromatic rings. The lowest BCUT2D eigenvalue weighted by molar-refractivity contribution is -0.396. The molecule has 0 radical (unpaired) electrons. The lowest BCUT2D eigenvalue weighted by Crippen LogP contribution is -2.15. The summed E-state index contributed by atoms with van der Waals surface area (Å²) < 4.78 is 0.